The van der Waals surface area contributed by atoms with Gasteiger partial charge in [0.15, 0.2) is 0 Å². The maximum Gasteiger partial charge on any atom is 0.123 e. The molecule has 0 spiro atoms. The average Bonchev–Trinajstić information content (AvgIpc) is 3.25. The molecule has 1 aliphatic carbocycles. The van der Waals surface area contributed by atoms with Crippen molar-refractivity contribution in [3.05, 3.63) is 30.1 Å². The zero-order valence-corrected chi connectivity index (χ0v) is 12.5. The second-order valence-corrected chi connectivity index (χ2v) is 5.79. The van der Waals surface area contributed by atoms with Crippen LogP contribution in [0.4, 0.5) is 4.39 Å². The van der Waals surface area contributed by atoms with E-state index in [1.54, 1.807) is 19.2 Å². The van der Waals surface area contributed by atoms with Gasteiger partial charge in [0.2, 0.25) is 0 Å². The van der Waals surface area contributed by atoms with Gasteiger partial charge in [-0.25, -0.2) is 4.39 Å². The molecule has 4 nitrogen and oxygen atoms in total. The predicted octanol–water partition coefficient (Wildman–Crippen LogP) is 1.97. The van der Waals surface area contributed by atoms with Crippen molar-refractivity contribution in [2.75, 3.05) is 33.4 Å². The van der Waals surface area contributed by atoms with Crippen molar-refractivity contribution >= 4 is 0 Å². The molecule has 1 atom stereocenters. The second-order valence-electron chi connectivity index (χ2n) is 5.79. The number of halogens is 1. The molecule has 118 valence electrons. The van der Waals surface area contributed by atoms with Crippen LogP contribution in [0.3, 0.4) is 0 Å². The monoisotopic (exact) mass is 297 g/mol. The minimum atomic E-state index is -0.576. The third-order valence-corrected chi connectivity index (χ3v) is 3.93. The highest BCUT2D eigenvalue weighted by Crippen LogP contribution is 2.48. The molecule has 2 rings (SSSR count). The topological polar surface area (TPSA) is 50.7 Å². The first-order chi connectivity index (χ1) is 10.1. The number of aliphatic hydroxyl groups is 1. The Hall–Kier alpha value is -1.17. The van der Waals surface area contributed by atoms with Gasteiger partial charge in [0.05, 0.1) is 0 Å². The number of ether oxygens (including phenoxy) is 2. The summed E-state index contributed by atoms with van der Waals surface area (Å²) in [6.07, 6.45) is 2.95. The second kappa shape index (κ2) is 7.73. The van der Waals surface area contributed by atoms with Gasteiger partial charge in [-0.1, -0.05) is 0 Å². The Labute approximate surface area is 125 Å². The molecular weight excluding hydrogens is 273 g/mol. The number of nitrogens with one attached hydrogen (secondary N) is 1. The third kappa shape index (κ3) is 5.61. The highest BCUT2D eigenvalue weighted by molar-refractivity contribution is 5.22. The number of hydrogen-bond acceptors (Lipinski definition) is 4. The zero-order chi connectivity index (χ0) is 15.1. The van der Waals surface area contributed by atoms with Crippen LogP contribution < -0.4 is 10.1 Å². The van der Waals surface area contributed by atoms with Gasteiger partial charge < -0.3 is 19.9 Å². The smallest absolute Gasteiger partial charge is 0.123 e. The van der Waals surface area contributed by atoms with Crippen LogP contribution in [0, 0.1) is 11.2 Å². The molecule has 0 heterocycles. The lowest BCUT2D eigenvalue weighted by atomic mass is 10.0. The van der Waals surface area contributed by atoms with Crippen LogP contribution in [0.1, 0.15) is 19.3 Å². The van der Waals surface area contributed by atoms with E-state index in [4.69, 9.17) is 9.47 Å². The first kappa shape index (κ1) is 16.2. The molecule has 5 heteroatoms. The Kier molecular flexibility index (Phi) is 5.96. The summed E-state index contributed by atoms with van der Waals surface area (Å²) < 4.78 is 23.3. The minimum absolute atomic E-state index is 0.198. The molecule has 1 unspecified atom stereocenters. The van der Waals surface area contributed by atoms with Crippen molar-refractivity contribution in [1.82, 2.24) is 5.32 Å². The molecule has 1 saturated carbocycles. The van der Waals surface area contributed by atoms with Crippen molar-refractivity contribution in [3.8, 4) is 5.75 Å². The summed E-state index contributed by atoms with van der Waals surface area (Å²) >= 11 is 0. The average molecular weight is 297 g/mol. The highest BCUT2D eigenvalue weighted by atomic mass is 19.1. The molecule has 1 fully saturated rings. The first-order valence-corrected chi connectivity index (χ1v) is 7.40. The number of rotatable bonds is 10. The molecule has 0 radical (unpaired) electrons. The summed E-state index contributed by atoms with van der Waals surface area (Å²) in [5.41, 5.74) is 0.369. The largest absolute Gasteiger partial charge is 0.491 e. The Morgan fingerprint density at radius 3 is 2.67 bits per heavy atom. The SMILES string of the molecule is COCCC1(CNCC(O)COc2ccc(F)cc2)CC1. The molecule has 0 aromatic heterocycles. The Morgan fingerprint density at radius 1 is 1.33 bits per heavy atom. The molecule has 2 N–H and O–H groups in total. The number of aliphatic hydroxyl groups excluding tert-OH is 1. The molecule has 0 aliphatic heterocycles. The van der Waals surface area contributed by atoms with Crippen LogP contribution in [0.2, 0.25) is 0 Å². The first-order valence-electron chi connectivity index (χ1n) is 7.40. The van der Waals surface area contributed by atoms with Gasteiger partial charge in [0.1, 0.15) is 24.3 Å². The fourth-order valence-corrected chi connectivity index (χ4v) is 2.30. The van der Waals surface area contributed by atoms with E-state index in [0.717, 1.165) is 19.6 Å². The predicted molar refractivity (Wildman–Crippen MR) is 78.9 cm³/mol. The van der Waals surface area contributed by atoms with E-state index in [1.807, 2.05) is 0 Å². The van der Waals surface area contributed by atoms with E-state index in [1.165, 1.54) is 25.0 Å². The molecule has 1 aliphatic rings. The van der Waals surface area contributed by atoms with E-state index in [9.17, 15) is 9.50 Å². The lowest BCUT2D eigenvalue weighted by Gasteiger charge is -2.18. The minimum Gasteiger partial charge on any atom is -0.491 e. The Morgan fingerprint density at radius 2 is 2.05 bits per heavy atom. The van der Waals surface area contributed by atoms with Gasteiger partial charge in [-0.2, -0.15) is 0 Å². The van der Waals surface area contributed by atoms with E-state index in [-0.39, 0.29) is 12.4 Å². The molecule has 0 bridgehead atoms. The maximum atomic E-state index is 12.7. The number of hydrogen-bond donors (Lipinski definition) is 2. The Balaban J connectivity index is 1.59. The normalized spacial score (nSPS) is 17.5. The molecular formula is C16H24FNO3. The van der Waals surface area contributed by atoms with Gasteiger partial charge in [-0.05, 0) is 48.9 Å². The van der Waals surface area contributed by atoms with Crippen LogP contribution in [-0.4, -0.2) is 44.6 Å². The number of benzene rings is 1. The molecule has 1 aromatic carbocycles. The summed E-state index contributed by atoms with van der Waals surface area (Å²) in [4.78, 5) is 0. The summed E-state index contributed by atoms with van der Waals surface area (Å²) in [6, 6.07) is 5.79. The molecule has 0 saturated heterocycles. The maximum absolute atomic E-state index is 12.7. The van der Waals surface area contributed by atoms with Crippen LogP contribution in [0.5, 0.6) is 5.75 Å². The summed E-state index contributed by atoms with van der Waals surface area (Å²) in [6.45, 7) is 2.39. The highest BCUT2D eigenvalue weighted by Gasteiger charge is 2.41. The van der Waals surface area contributed by atoms with E-state index < -0.39 is 6.10 Å². The van der Waals surface area contributed by atoms with Crippen molar-refractivity contribution < 1.29 is 19.0 Å². The van der Waals surface area contributed by atoms with E-state index in [0.29, 0.717) is 17.7 Å². The van der Waals surface area contributed by atoms with Gasteiger partial charge in [-0.3, -0.25) is 0 Å². The Bertz CT molecular complexity index is 420. The lowest BCUT2D eigenvalue weighted by Crippen LogP contribution is -2.35. The van der Waals surface area contributed by atoms with Crippen LogP contribution in [0.25, 0.3) is 0 Å². The standard InChI is InChI=1S/C16H24FNO3/c1-20-9-8-16(6-7-16)12-18-10-14(19)11-21-15-4-2-13(17)3-5-15/h2-5,14,18-19H,6-12H2,1H3. The fraction of sp³-hybridized carbons (Fsp3) is 0.625. The van der Waals surface area contributed by atoms with E-state index in [2.05, 4.69) is 5.32 Å². The van der Waals surface area contributed by atoms with Gasteiger partial charge in [0.25, 0.3) is 0 Å². The number of methoxy groups -OCH3 is 1. The van der Waals surface area contributed by atoms with Crippen molar-refractivity contribution in [3.63, 3.8) is 0 Å². The van der Waals surface area contributed by atoms with Crippen molar-refractivity contribution in [1.29, 1.82) is 0 Å². The van der Waals surface area contributed by atoms with E-state index >= 15 is 0 Å². The summed E-state index contributed by atoms with van der Waals surface area (Å²) in [5, 5.41) is 13.2. The van der Waals surface area contributed by atoms with Gasteiger partial charge >= 0.3 is 0 Å². The summed E-state index contributed by atoms with van der Waals surface area (Å²) in [7, 11) is 1.72. The summed E-state index contributed by atoms with van der Waals surface area (Å²) in [5.74, 6) is 0.268. The molecule has 21 heavy (non-hydrogen) atoms. The third-order valence-electron chi connectivity index (χ3n) is 3.93. The zero-order valence-electron chi connectivity index (χ0n) is 12.5. The van der Waals surface area contributed by atoms with Crippen molar-refractivity contribution in [2.45, 2.75) is 25.4 Å². The van der Waals surface area contributed by atoms with Crippen LogP contribution in [0.15, 0.2) is 24.3 Å². The van der Waals surface area contributed by atoms with Gasteiger partial charge in [0, 0.05) is 26.8 Å². The fourth-order valence-electron chi connectivity index (χ4n) is 2.30. The van der Waals surface area contributed by atoms with Crippen LogP contribution in [-0.2, 0) is 4.74 Å². The molecule has 0 amide bonds. The quantitative estimate of drug-likeness (QED) is 0.693. The molecule has 1 aromatic rings. The van der Waals surface area contributed by atoms with Gasteiger partial charge in [-0.15, -0.1) is 0 Å². The lowest BCUT2D eigenvalue weighted by molar-refractivity contribution is 0.104. The van der Waals surface area contributed by atoms with Crippen LogP contribution >= 0.6 is 0 Å². The van der Waals surface area contributed by atoms with Crippen molar-refractivity contribution in [2.24, 2.45) is 5.41 Å².